The first kappa shape index (κ1) is 19.7. The molecule has 0 saturated carbocycles. The van der Waals surface area contributed by atoms with Crippen LogP contribution in [-0.2, 0) is 17.6 Å². The number of hydrogen-bond donors (Lipinski definition) is 2. The Labute approximate surface area is 141 Å². The third kappa shape index (κ3) is 7.65. The second-order valence-electron chi connectivity index (χ2n) is 6.78. The second kappa shape index (κ2) is 10.4. The minimum Gasteiger partial charge on any atom is -0.380 e. The Morgan fingerprint density at radius 2 is 1.52 bits per heavy atom. The smallest absolute Gasteiger partial charge is 0.249 e. The van der Waals surface area contributed by atoms with Gasteiger partial charge in [0.2, 0.25) is 5.91 Å². The number of nitrogens with two attached hydrogens (primary N) is 1. The molecule has 0 heterocycles. The van der Waals surface area contributed by atoms with Gasteiger partial charge in [-0.3, -0.25) is 4.79 Å². The van der Waals surface area contributed by atoms with Gasteiger partial charge in [-0.15, -0.1) is 0 Å². The van der Waals surface area contributed by atoms with Gasteiger partial charge >= 0.3 is 0 Å². The lowest BCUT2D eigenvalue weighted by Gasteiger charge is -2.19. The maximum atomic E-state index is 11.2. The van der Waals surface area contributed by atoms with Gasteiger partial charge in [-0.1, -0.05) is 63.3 Å². The summed E-state index contributed by atoms with van der Waals surface area (Å²) in [5.74, 6) is -0.641. The topological polar surface area (TPSA) is 63.3 Å². The Kier molecular flexibility index (Phi) is 8.93. The molecule has 0 spiro atoms. The van der Waals surface area contributed by atoms with Crippen LogP contribution in [0.3, 0.4) is 0 Å². The number of unbranched alkanes of at least 4 members (excludes halogenated alkanes) is 5. The van der Waals surface area contributed by atoms with Crippen LogP contribution in [-0.4, -0.2) is 16.6 Å². The molecule has 1 aromatic carbocycles. The standard InChI is InChI=1S/C20H33NO2/c1-3-4-5-6-7-8-12-17-13-9-10-14-18(17)15-11-16-20(2,23)19(21)22/h9-10,13-14,23H,3-8,11-12,15-16H2,1-2H3,(H2,21,22). The molecular weight excluding hydrogens is 286 g/mol. The van der Waals surface area contributed by atoms with Crippen molar-refractivity contribution in [2.75, 3.05) is 0 Å². The summed E-state index contributed by atoms with van der Waals surface area (Å²) in [6.07, 6.45) is 11.0. The van der Waals surface area contributed by atoms with E-state index in [1.807, 2.05) is 0 Å². The summed E-state index contributed by atoms with van der Waals surface area (Å²) in [6.45, 7) is 3.74. The first-order valence-corrected chi connectivity index (χ1v) is 9.06. The molecule has 0 fully saturated rings. The van der Waals surface area contributed by atoms with E-state index in [0.29, 0.717) is 6.42 Å². The van der Waals surface area contributed by atoms with Gasteiger partial charge in [-0.25, -0.2) is 0 Å². The molecule has 23 heavy (non-hydrogen) atoms. The predicted octanol–water partition coefficient (Wildman–Crippen LogP) is 4.15. The van der Waals surface area contributed by atoms with E-state index >= 15 is 0 Å². The number of carbonyl (C=O) groups is 1. The molecule has 0 aromatic heterocycles. The van der Waals surface area contributed by atoms with E-state index < -0.39 is 11.5 Å². The minimum absolute atomic E-state index is 0.410. The normalized spacial score (nSPS) is 13.7. The third-order valence-corrected chi connectivity index (χ3v) is 4.56. The van der Waals surface area contributed by atoms with Crippen LogP contribution < -0.4 is 5.73 Å². The highest BCUT2D eigenvalue weighted by Gasteiger charge is 2.26. The molecule has 1 unspecified atom stereocenters. The average molecular weight is 319 g/mol. The Morgan fingerprint density at radius 1 is 1.00 bits per heavy atom. The lowest BCUT2D eigenvalue weighted by molar-refractivity contribution is -0.135. The SMILES string of the molecule is CCCCCCCCc1ccccc1CCCC(C)(O)C(N)=O. The molecule has 0 radical (unpaired) electrons. The Balaban J connectivity index is 2.40. The number of aliphatic hydroxyl groups is 1. The molecule has 1 amide bonds. The number of benzene rings is 1. The first-order valence-electron chi connectivity index (χ1n) is 9.06. The van der Waals surface area contributed by atoms with Crippen molar-refractivity contribution < 1.29 is 9.90 Å². The van der Waals surface area contributed by atoms with Crippen molar-refractivity contribution in [2.24, 2.45) is 5.73 Å². The van der Waals surface area contributed by atoms with Crippen molar-refractivity contribution in [2.45, 2.75) is 83.7 Å². The Morgan fingerprint density at radius 3 is 2.09 bits per heavy atom. The van der Waals surface area contributed by atoms with Gasteiger partial charge < -0.3 is 10.8 Å². The van der Waals surface area contributed by atoms with Crippen molar-refractivity contribution in [3.8, 4) is 0 Å². The van der Waals surface area contributed by atoms with Crippen molar-refractivity contribution in [3.05, 3.63) is 35.4 Å². The zero-order valence-corrected chi connectivity index (χ0v) is 14.8. The van der Waals surface area contributed by atoms with Gasteiger partial charge in [0, 0.05) is 0 Å². The van der Waals surface area contributed by atoms with Gasteiger partial charge in [0.05, 0.1) is 0 Å². The van der Waals surface area contributed by atoms with Crippen molar-refractivity contribution in [1.29, 1.82) is 0 Å². The fraction of sp³-hybridized carbons (Fsp3) is 0.650. The molecule has 0 aliphatic carbocycles. The molecule has 3 nitrogen and oxygen atoms in total. The monoisotopic (exact) mass is 319 g/mol. The molecule has 0 aliphatic rings. The number of rotatable bonds is 12. The van der Waals surface area contributed by atoms with Crippen molar-refractivity contribution in [1.82, 2.24) is 0 Å². The van der Waals surface area contributed by atoms with Gasteiger partial charge in [0.25, 0.3) is 0 Å². The number of hydrogen-bond acceptors (Lipinski definition) is 2. The lowest BCUT2D eigenvalue weighted by Crippen LogP contribution is -2.40. The summed E-state index contributed by atoms with van der Waals surface area (Å²) in [5.41, 5.74) is 6.55. The zero-order chi connectivity index (χ0) is 17.1. The summed E-state index contributed by atoms with van der Waals surface area (Å²) in [6, 6.07) is 8.51. The summed E-state index contributed by atoms with van der Waals surface area (Å²) < 4.78 is 0. The highest BCUT2D eigenvalue weighted by Crippen LogP contribution is 2.19. The molecule has 3 heteroatoms. The summed E-state index contributed by atoms with van der Waals surface area (Å²) in [5, 5.41) is 9.91. The minimum atomic E-state index is -1.39. The van der Waals surface area contributed by atoms with Gasteiger partial charge in [0.15, 0.2) is 0 Å². The van der Waals surface area contributed by atoms with E-state index in [1.165, 1.54) is 56.6 Å². The number of amides is 1. The molecule has 1 aromatic rings. The van der Waals surface area contributed by atoms with Crippen LogP contribution in [0.15, 0.2) is 24.3 Å². The number of aryl methyl sites for hydroxylation is 2. The fourth-order valence-corrected chi connectivity index (χ4v) is 2.89. The van der Waals surface area contributed by atoms with Crippen LogP contribution in [0.2, 0.25) is 0 Å². The maximum absolute atomic E-state index is 11.2. The zero-order valence-electron chi connectivity index (χ0n) is 14.8. The summed E-state index contributed by atoms with van der Waals surface area (Å²) in [4.78, 5) is 11.2. The van der Waals surface area contributed by atoms with E-state index in [2.05, 4.69) is 31.2 Å². The third-order valence-electron chi connectivity index (χ3n) is 4.56. The van der Waals surface area contributed by atoms with Crippen LogP contribution in [0.1, 0.15) is 76.3 Å². The Bertz CT molecular complexity index is 468. The molecule has 0 aliphatic heterocycles. The molecular formula is C20H33NO2. The highest BCUT2D eigenvalue weighted by atomic mass is 16.3. The van der Waals surface area contributed by atoms with Gasteiger partial charge in [-0.05, 0) is 50.2 Å². The van der Waals surface area contributed by atoms with Crippen LogP contribution in [0.5, 0.6) is 0 Å². The van der Waals surface area contributed by atoms with E-state index in [4.69, 9.17) is 5.73 Å². The van der Waals surface area contributed by atoms with Crippen LogP contribution in [0.25, 0.3) is 0 Å². The summed E-state index contributed by atoms with van der Waals surface area (Å²) >= 11 is 0. The van der Waals surface area contributed by atoms with E-state index in [0.717, 1.165) is 19.3 Å². The molecule has 0 saturated heterocycles. The fourth-order valence-electron chi connectivity index (χ4n) is 2.89. The summed E-state index contributed by atoms with van der Waals surface area (Å²) in [7, 11) is 0. The van der Waals surface area contributed by atoms with Crippen LogP contribution >= 0.6 is 0 Å². The van der Waals surface area contributed by atoms with Gasteiger partial charge in [0.1, 0.15) is 5.60 Å². The average Bonchev–Trinajstić information content (AvgIpc) is 2.51. The number of carbonyl (C=O) groups excluding carboxylic acids is 1. The van der Waals surface area contributed by atoms with E-state index in [1.54, 1.807) is 0 Å². The van der Waals surface area contributed by atoms with E-state index in [9.17, 15) is 9.90 Å². The highest BCUT2D eigenvalue weighted by molar-refractivity contribution is 5.82. The molecule has 1 rings (SSSR count). The molecule has 3 N–H and O–H groups in total. The largest absolute Gasteiger partial charge is 0.380 e. The molecule has 1 atom stereocenters. The van der Waals surface area contributed by atoms with Crippen molar-refractivity contribution in [3.63, 3.8) is 0 Å². The number of primary amides is 1. The van der Waals surface area contributed by atoms with Crippen molar-refractivity contribution >= 4 is 5.91 Å². The molecule has 0 bridgehead atoms. The van der Waals surface area contributed by atoms with Crippen LogP contribution in [0, 0.1) is 0 Å². The van der Waals surface area contributed by atoms with E-state index in [-0.39, 0.29) is 0 Å². The second-order valence-corrected chi connectivity index (χ2v) is 6.78. The lowest BCUT2D eigenvalue weighted by atomic mass is 9.93. The quantitative estimate of drug-likeness (QED) is 0.568. The van der Waals surface area contributed by atoms with Crippen LogP contribution in [0.4, 0.5) is 0 Å². The maximum Gasteiger partial charge on any atom is 0.249 e. The molecule has 130 valence electrons. The Hall–Kier alpha value is -1.35. The van der Waals surface area contributed by atoms with Gasteiger partial charge in [-0.2, -0.15) is 0 Å². The predicted molar refractivity (Wildman–Crippen MR) is 96.3 cm³/mol. The first-order chi connectivity index (χ1) is 11.0.